The van der Waals surface area contributed by atoms with Gasteiger partial charge < -0.3 is 10.0 Å². The second-order valence-corrected chi connectivity index (χ2v) is 4.79. The zero-order valence-corrected chi connectivity index (χ0v) is 10.8. The predicted octanol–water partition coefficient (Wildman–Crippen LogP) is 0.199. The van der Waals surface area contributed by atoms with Gasteiger partial charge in [-0.25, -0.2) is 0 Å². The third-order valence-electron chi connectivity index (χ3n) is 3.28. The molecule has 1 aliphatic rings. The van der Waals surface area contributed by atoms with Crippen LogP contribution in [0.4, 0.5) is 0 Å². The molecular weight excluding hydrogens is 246 g/mol. The maximum absolute atomic E-state index is 11.7. The number of aliphatic carboxylic acids is 1. The smallest absolute Gasteiger partial charge is 0.305 e. The molecule has 1 aromatic rings. The highest BCUT2D eigenvalue weighted by molar-refractivity contribution is 5.79. The summed E-state index contributed by atoms with van der Waals surface area (Å²) in [6.07, 6.45) is 3.46. The summed E-state index contributed by atoms with van der Waals surface area (Å²) in [6.45, 7) is 1.25. The number of carbonyl (C=O) groups is 2. The Balaban J connectivity index is 2.09. The van der Waals surface area contributed by atoms with Gasteiger partial charge in [0, 0.05) is 38.6 Å². The summed E-state index contributed by atoms with van der Waals surface area (Å²) in [7, 11) is 1.71. The van der Waals surface area contributed by atoms with Crippen LogP contribution in [-0.2, 0) is 16.1 Å². The summed E-state index contributed by atoms with van der Waals surface area (Å²) in [5.41, 5.74) is 0.982. The number of aromatic nitrogens is 1. The lowest BCUT2D eigenvalue weighted by molar-refractivity contribution is -0.144. The van der Waals surface area contributed by atoms with Gasteiger partial charge in [0.2, 0.25) is 5.91 Å². The van der Waals surface area contributed by atoms with Gasteiger partial charge in [0.25, 0.3) is 0 Å². The molecule has 1 saturated heterocycles. The number of nitrogens with zero attached hydrogens (tertiary/aromatic N) is 3. The fourth-order valence-corrected chi connectivity index (χ4v) is 2.26. The van der Waals surface area contributed by atoms with Gasteiger partial charge in [0.15, 0.2) is 0 Å². The average Bonchev–Trinajstić information content (AvgIpc) is 2.36. The van der Waals surface area contributed by atoms with E-state index in [1.807, 2.05) is 17.0 Å². The van der Waals surface area contributed by atoms with Crippen molar-refractivity contribution in [2.75, 3.05) is 20.1 Å². The molecule has 0 saturated carbocycles. The quantitative estimate of drug-likeness (QED) is 0.840. The van der Waals surface area contributed by atoms with Crippen LogP contribution in [0.25, 0.3) is 0 Å². The number of carbonyl (C=O) groups excluding carboxylic acids is 1. The number of rotatable bonds is 4. The molecule has 6 heteroatoms. The van der Waals surface area contributed by atoms with Crippen LogP contribution in [0.3, 0.4) is 0 Å². The van der Waals surface area contributed by atoms with Gasteiger partial charge in [0.05, 0.1) is 13.0 Å². The average molecular weight is 263 g/mol. The zero-order chi connectivity index (χ0) is 13.8. The van der Waals surface area contributed by atoms with Crippen LogP contribution >= 0.6 is 0 Å². The van der Waals surface area contributed by atoms with E-state index in [2.05, 4.69) is 4.98 Å². The van der Waals surface area contributed by atoms with Crippen molar-refractivity contribution in [3.05, 3.63) is 30.1 Å². The molecule has 0 bridgehead atoms. The van der Waals surface area contributed by atoms with E-state index >= 15 is 0 Å². The highest BCUT2D eigenvalue weighted by atomic mass is 16.4. The molecule has 19 heavy (non-hydrogen) atoms. The van der Waals surface area contributed by atoms with E-state index < -0.39 is 5.97 Å². The van der Waals surface area contributed by atoms with Crippen LogP contribution in [0, 0.1) is 0 Å². The second kappa shape index (κ2) is 5.79. The molecule has 1 aliphatic heterocycles. The summed E-state index contributed by atoms with van der Waals surface area (Å²) < 4.78 is 0. The first-order chi connectivity index (χ1) is 9.06. The Morgan fingerprint density at radius 2 is 2.37 bits per heavy atom. The molecule has 1 unspecified atom stereocenters. The lowest BCUT2D eigenvalue weighted by atomic mass is 10.1. The summed E-state index contributed by atoms with van der Waals surface area (Å²) in [5, 5.41) is 8.96. The molecule has 0 radical (unpaired) electrons. The number of likely N-dealkylation sites (N-methyl/N-ethyl adjacent to an activating group) is 1. The Bertz CT molecular complexity index is 463. The minimum absolute atomic E-state index is 0.0190. The van der Waals surface area contributed by atoms with E-state index in [1.165, 1.54) is 0 Å². The van der Waals surface area contributed by atoms with E-state index in [0.717, 1.165) is 5.56 Å². The molecule has 6 nitrogen and oxygen atoms in total. The second-order valence-electron chi connectivity index (χ2n) is 4.79. The van der Waals surface area contributed by atoms with Crippen molar-refractivity contribution in [2.45, 2.75) is 19.0 Å². The van der Waals surface area contributed by atoms with Crippen LogP contribution in [-0.4, -0.2) is 57.9 Å². The number of carboxylic acids is 1. The topological polar surface area (TPSA) is 73.7 Å². The van der Waals surface area contributed by atoms with Gasteiger partial charge in [-0.2, -0.15) is 0 Å². The van der Waals surface area contributed by atoms with Crippen molar-refractivity contribution in [1.29, 1.82) is 0 Å². The molecule has 1 atom stereocenters. The van der Waals surface area contributed by atoms with Crippen molar-refractivity contribution >= 4 is 11.9 Å². The first kappa shape index (κ1) is 13.5. The number of piperazine rings is 1. The van der Waals surface area contributed by atoms with Gasteiger partial charge in [-0.1, -0.05) is 6.07 Å². The summed E-state index contributed by atoms with van der Waals surface area (Å²) in [6, 6.07) is 3.60. The van der Waals surface area contributed by atoms with Crippen LogP contribution in [0.15, 0.2) is 24.5 Å². The molecule has 1 aromatic heterocycles. The fraction of sp³-hybridized carbons (Fsp3) is 0.462. The lowest BCUT2D eigenvalue weighted by Gasteiger charge is -2.38. The molecular formula is C13H17N3O3. The largest absolute Gasteiger partial charge is 0.481 e. The Hall–Kier alpha value is -1.95. The number of amides is 1. The van der Waals surface area contributed by atoms with Crippen molar-refractivity contribution in [2.24, 2.45) is 0 Å². The summed E-state index contributed by atoms with van der Waals surface area (Å²) in [5.74, 6) is -0.825. The Labute approximate surface area is 111 Å². The van der Waals surface area contributed by atoms with Crippen molar-refractivity contribution in [3.63, 3.8) is 0 Å². The van der Waals surface area contributed by atoms with Crippen LogP contribution in [0.1, 0.15) is 12.0 Å². The predicted molar refractivity (Wildman–Crippen MR) is 68.3 cm³/mol. The summed E-state index contributed by atoms with van der Waals surface area (Å²) >= 11 is 0. The fourth-order valence-electron chi connectivity index (χ4n) is 2.26. The standard InChI is InChI=1S/C13H17N3O3/c1-15-8-11(5-13(18)19)16(9-12(15)17)7-10-3-2-4-14-6-10/h2-4,6,11H,5,7-9H2,1H3,(H,18,19). The number of carboxylic acid groups (broad SMARTS) is 1. The molecule has 2 rings (SSSR count). The summed E-state index contributed by atoms with van der Waals surface area (Å²) in [4.78, 5) is 30.2. The van der Waals surface area contributed by atoms with E-state index in [4.69, 9.17) is 5.11 Å². The minimum Gasteiger partial charge on any atom is -0.481 e. The Morgan fingerprint density at radius 3 is 3.00 bits per heavy atom. The van der Waals surface area contributed by atoms with Crippen molar-refractivity contribution in [3.8, 4) is 0 Å². The van der Waals surface area contributed by atoms with E-state index in [-0.39, 0.29) is 24.9 Å². The molecule has 1 amide bonds. The molecule has 1 N–H and O–H groups in total. The van der Waals surface area contributed by atoms with Crippen LogP contribution in [0.2, 0.25) is 0 Å². The zero-order valence-electron chi connectivity index (χ0n) is 10.8. The normalized spacial score (nSPS) is 20.6. The van der Waals surface area contributed by atoms with Gasteiger partial charge in [0.1, 0.15) is 0 Å². The first-order valence-electron chi connectivity index (χ1n) is 6.15. The third kappa shape index (κ3) is 3.51. The van der Waals surface area contributed by atoms with Gasteiger partial charge in [-0.15, -0.1) is 0 Å². The number of pyridine rings is 1. The first-order valence-corrected chi connectivity index (χ1v) is 6.15. The molecule has 0 aromatic carbocycles. The highest BCUT2D eigenvalue weighted by Crippen LogP contribution is 2.16. The molecule has 2 heterocycles. The maximum Gasteiger partial charge on any atom is 0.305 e. The number of hydrogen-bond acceptors (Lipinski definition) is 4. The minimum atomic E-state index is -0.844. The van der Waals surface area contributed by atoms with Crippen molar-refractivity contribution in [1.82, 2.24) is 14.8 Å². The van der Waals surface area contributed by atoms with E-state index in [0.29, 0.717) is 13.1 Å². The van der Waals surface area contributed by atoms with E-state index in [1.54, 1.807) is 24.3 Å². The SMILES string of the molecule is CN1CC(CC(=O)O)N(Cc2cccnc2)CC1=O. The third-order valence-corrected chi connectivity index (χ3v) is 3.28. The van der Waals surface area contributed by atoms with Gasteiger partial charge >= 0.3 is 5.97 Å². The molecule has 1 fully saturated rings. The maximum atomic E-state index is 11.7. The Morgan fingerprint density at radius 1 is 1.58 bits per heavy atom. The van der Waals surface area contributed by atoms with Crippen LogP contribution in [0.5, 0.6) is 0 Å². The van der Waals surface area contributed by atoms with Crippen LogP contribution < -0.4 is 0 Å². The van der Waals surface area contributed by atoms with Gasteiger partial charge in [-0.3, -0.25) is 19.5 Å². The van der Waals surface area contributed by atoms with Crippen molar-refractivity contribution < 1.29 is 14.7 Å². The number of hydrogen-bond donors (Lipinski definition) is 1. The van der Waals surface area contributed by atoms with E-state index in [9.17, 15) is 9.59 Å². The lowest BCUT2D eigenvalue weighted by Crippen LogP contribution is -2.54. The molecule has 0 aliphatic carbocycles. The highest BCUT2D eigenvalue weighted by Gasteiger charge is 2.31. The molecule has 0 spiro atoms. The van der Waals surface area contributed by atoms with Gasteiger partial charge in [-0.05, 0) is 11.6 Å². The molecule has 102 valence electrons. The monoisotopic (exact) mass is 263 g/mol. The Kier molecular flexibility index (Phi) is 4.11.